The fourth-order valence-electron chi connectivity index (χ4n) is 3.34. The molecule has 0 unspecified atom stereocenters. The van der Waals surface area contributed by atoms with Crippen LogP contribution < -0.4 is 4.90 Å². The Kier molecular flexibility index (Phi) is 4.32. The van der Waals surface area contributed by atoms with Gasteiger partial charge in [0.25, 0.3) is 11.6 Å². The summed E-state index contributed by atoms with van der Waals surface area (Å²) >= 11 is 12.1. The molecule has 2 heterocycles. The minimum atomic E-state index is -1.11. The number of hydrogen-bond acceptors (Lipinski definition) is 6. The van der Waals surface area contributed by atoms with Gasteiger partial charge in [-0.3, -0.25) is 19.7 Å². The number of imide groups is 1. The van der Waals surface area contributed by atoms with Gasteiger partial charge in [-0.25, -0.2) is 4.90 Å². The quantitative estimate of drug-likeness (QED) is 0.430. The molecule has 0 saturated carbocycles. The van der Waals surface area contributed by atoms with E-state index >= 15 is 0 Å². The fraction of sp³-hybridized carbons (Fsp3) is 0.167. The second-order valence-corrected chi connectivity index (χ2v) is 7.19. The average molecular weight is 420 g/mol. The van der Waals surface area contributed by atoms with Crippen molar-refractivity contribution in [1.29, 1.82) is 0 Å². The Hall–Kier alpha value is -2.97. The molecular weight excluding hydrogens is 409 g/mol. The van der Waals surface area contributed by atoms with Gasteiger partial charge >= 0.3 is 0 Å². The minimum absolute atomic E-state index is 0.132. The summed E-state index contributed by atoms with van der Waals surface area (Å²) in [4.78, 5) is 42.5. The molecule has 2 aromatic carbocycles. The molecule has 2 aliphatic rings. The lowest BCUT2D eigenvalue weighted by Crippen LogP contribution is -2.33. The molecule has 2 amide bonds. The number of nitro groups is 1. The highest BCUT2D eigenvalue weighted by molar-refractivity contribution is 6.39. The largest absolute Gasteiger partial charge is 0.381 e. The number of rotatable bonds is 3. The maximum Gasteiger partial charge on any atom is 0.278 e. The molecule has 28 heavy (non-hydrogen) atoms. The Morgan fingerprint density at radius 2 is 1.89 bits per heavy atom. The van der Waals surface area contributed by atoms with Crippen LogP contribution in [0, 0.1) is 23.0 Å². The number of anilines is 1. The number of aryl methyl sites for hydroxylation is 1. The number of hydrogen-bond donors (Lipinski definition) is 0. The molecule has 142 valence electrons. The van der Waals surface area contributed by atoms with Crippen LogP contribution in [-0.2, 0) is 14.4 Å². The lowest BCUT2D eigenvalue weighted by molar-refractivity contribution is -0.384. The smallest absolute Gasteiger partial charge is 0.278 e. The third-order valence-electron chi connectivity index (χ3n) is 4.65. The number of oxime groups is 1. The van der Waals surface area contributed by atoms with Crippen LogP contribution in [0.1, 0.15) is 11.1 Å². The van der Waals surface area contributed by atoms with Crippen molar-refractivity contribution in [3.8, 4) is 0 Å². The van der Waals surface area contributed by atoms with Crippen molar-refractivity contribution < 1.29 is 19.3 Å². The molecule has 0 aliphatic carbocycles. The maximum atomic E-state index is 13.1. The summed E-state index contributed by atoms with van der Waals surface area (Å²) in [6, 6.07) is 8.62. The van der Waals surface area contributed by atoms with E-state index in [1.165, 1.54) is 24.3 Å². The number of benzene rings is 2. The summed E-state index contributed by atoms with van der Waals surface area (Å²) in [6.07, 6.45) is -1.11. The van der Waals surface area contributed by atoms with Crippen LogP contribution in [0.25, 0.3) is 0 Å². The minimum Gasteiger partial charge on any atom is -0.381 e. The van der Waals surface area contributed by atoms with Crippen LogP contribution in [0.2, 0.25) is 10.0 Å². The van der Waals surface area contributed by atoms with Gasteiger partial charge in [-0.1, -0.05) is 34.4 Å². The van der Waals surface area contributed by atoms with E-state index in [-0.39, 0.29) is 22.1 Å². The molecular formula is C18H11Cl2N3O5. The van der Waals surface area contributed by atoms with Crippen LogP contribution in [-0.4, -0.2) is 28.6 Å². The summed E-state index contributed by atoms with van der Waals surface area (Å²) in [6.45, 7) is 1.59. The SMILES string of the molecule is Cc1cc([N+](=O)[O-])ccc1N1C(=O)[C@H]2C(c3ccc(Cl)cc3Cl)=NO[C@@H]2C1=O. The first-order valence-corrected chi connectivity index (χ1v) is 8.87. The molecule has 10 heteroatoms. The lowest BCUT2D eigenvalue weighted by atomic mass is 9.94. The van der Waals surface area contributed by atoms with E-state index in [0.717, 1.165) is 4.90 Å². The highest BCUT2D eigenvalue weighted by atomic mass is 35.5. The first-order chi connectivity index (χ1) is 13.3. The molecule has 1 saturated heterocycles. The molecule has 2 aromatic rings. The monoisotopic (exact) mass is 419 g/mol. The predicted molar refractivity (Wildman–Crippen MR) is 102 cm³/mol. The molecule has 2 aliphatic heterocycles. The Balaban J connectivity index is 1.72. The normalized spacial score (nSPS) is 20.8. The summed E-state index contributed by atoms with van der Waals surface area (Å²) in [5, 5.41) is 15.5. The van der Waals surface area contributed by atoms with Gasteiger partial charge in [-0.15, -0.1) is 0 Å². The van der Waals surface area contributed by atoms with Gasteiger partial charge < -0.3 is 4.84 Å². The zero-order chi connectivity index (χ0) is 20.2. The number of nitrogens with zero attached hydrogens (tertiary/aromatic N) is 3. The lowest BCUT2D eigenvalue weighted by Gasteiger charge is -2.17. The van der Waals surface area contributed by atoms with Gasteiger partial charge in [0.15, 0.2) is 0 Å². The molecule has 1 fully saturated rings. The zero-order valence-electron chi connectivity index (χ0n) is 14.3. The van der Waals surface area contributed by atoms with Crippen molar-refractivity contribution in [1.82, 2.24) is 0 Å². The van der Waals surface area contributed by atoms with Gasteiger partial charge in [-0.2, -0.15) is 0 Å². The van der Waals surface area contributed by atoms with Crippen molar-refractivity contribution in [2.45, 2.75) is 13.0 Å². The summed E-state index contributed by atoms with van der Waals surface area (Å²) in [5.41, 5.74) is 1.24. The fourth-order valence-corrected chi connectivity index (χ4v) is 3.84. The zero-order valence-corrected chi connectivity index (χ0v) is 15.8. The second kappa shape index (κ2) is 6.57. The molecule has 2 atom stereocenters. The van der Waals surface area contributed by atoms with Crippen molar-refractivity contribution in [2.24, 2.45) is 11.1 Å². The molecule has 0 bridgehead atoms. The highest BCUT2D eigenvalue weighted by Gasteiger charge is 2.56. The Morgan fingerprint density at radius 1 is 1.14 bits per heavy atom. The second-order valence-electron chi connectivity index (χ2n) is 6.34. The van der Waals surface area contributed by atoms with Crippen molar-refractivity contribution in [3.05, 3.63) is 67.7 Å². The summed E-state index contributed by atoms with van der Waals surface area (Å²) in [7, 11) is 0. The van der Waals surface area contributed by atoms with Crippen LogP contribution in [0.15, 0.2) is 41.6 Å². The standard InChI is InChI=1S/C18H11Cl2N3O5/c1-8-6-10(23(26)27)3-5-13(8)22-17(24)14-15(21-28-16(14)18(22)25)11-4-2-9(19)7-12(11)20/h2-7,14,16H,1H3/t14-,16-/m0/s1. The first-order valence-electron chi connectivity index (χ1n) is 8.11. The number of amides is 2. The number of carbonyl (C=O) groups is 2. The Morgan fingerprint density at radius 3 is 2.54 bits per heavy atom. The van der Waals surface area contributed by atoms with E-state index in [4.69, 9.17) is 28.0 Å². The molecule has 4 rings (SSSR count). The van der Waals surface area contributed by atoms with E-state index in [1.54, 1.807) is 19.1 Å². The Bertz CT molecular complexity index is 1080. The third kappa shape index (κ3) is 2.73. The van der Waals surface area contributed by atoms with E-state index in [9.17, 15) is 19.7 Å². The van der Waals surface area contributed by atoms with Crippen molar-refractivity contribution >= 4 is 52.1 Å². The van der Waals surface area contributed by atoms with E-state index in [0.29, 0.717) is 16.1 Å². The summed E-state index contributed by atoms with van der Waals surface area (Å²) < 4.78 is 0. The Labute approximate surface area is 168 Å². The van der Waals surface area contributed by atoms with E-state index in [1.807, 2.05) is 0 Å². The number of carbonyl (C=O) groups excluding carboxylic acids is 2. The average Bonchev–Trinajstić information content (AvgIpc) is 3.16. The maximum absolute atomic E-state index is 13.1. The topological polar surface area (TPSA) is 102 Å². The van der Waals surface area contributed by atoms with Crippen LogP contribution in [0.4, 0.5) is 11.4 Å². The predicted octanol–water partition coefficient (Wildman–Crippen LogP) is 3.50. The summed E-state index contributed by atoms with van der Waals surface area (Å²) in [5.74, 6) is -2.08. The van der Waals surface area contributed by atoms with Crippen LogP contribution >= 0.6 is 23.2 Å². The highest BCUT2D eigenvalue weighted by Crippen LogP contribution is 2.38. The number of non-ortho nitro benzene ring substituents is 1. The van der Waals surface area contributed by atoms with E-state index < -0.39 is 28.8 Å². The van der Waals surface area contributed by atoms with Crippen LogP contribution in [0.3, 0.4) is 0 Å². The molecule has 0 N–H and O–H groups in total. The molecule has 0 radical (unpaired) electrons. The number of nitro benzene ring substituents is 1. The van der Waals surface area contributed by atoms with Crippen molar-refractivity contribution in [2.75, 3.05) is 4.90 Å². The van der Waals surface area contributed by atoms with Gasteiger partial charge in [-0.05, 0) is 30.7 Å². The van der Waals surface area contributed by atoms with Crippen molar-refractivity contribution in [3.63, 3.8) is 0 Å². The van der Waals surface area contributed by atoms with E-state index in [2.05, 4.69) is 5.16 Å². The van der Waals surface area contributed by atoms with Gasteiger partial charge in [0.05, 0.1) is 15.6 Å². The van der Waals surface area contributed by atoms with Gasteiger partial charge in [0, 0.05) is 22.7 Å². The van der Waals surface area contributed by atoms with Crippen LogP contribution in [0.5, 0.6) is 0 Å². The molecule has 8 nitrogen and oxygen atoms in total. The molecule has 0 aromatic heterocycles. The first kappa shape index (κ1) is 18.4. The third-order valence-corrected chi connectivity index (χ3v) is 5.20. The molecule has 0 spiro atoms. The number of fused-ring (bicyclic) bond motifs is 1. The number of halogens is 2. The van der Waals surface area contributed by atoms with Gasteiger partial charge in [0.1, 0.15) is 11.6 Å². The van der Waals surface area contributed by atoms with Gasteiger partial charge in [0.2, 0.25) is 12.0 Å².